The summed E-state index contributed by atoms with van der Waals surface area (Å²) in [5, 5.41) is 0.799. The maximum absolute atomic E-state index is 11.7. The number of hydrogen-bond donors (Lipinski definition) is 0. The fraction of sp³-hybridized carbons (Fsp3) is 0.357. The van der Waals surface area contributed by atoms with E-state index in [0.717, 1.165) is 5.39 Å². The van der Waals surface area contributed by atoms with E-state index < -0.39 is 5.97 Å². The number of fused-ring (bicyclic) bond motifs is 1. The fourth-order valence-corrected chi connectivity index (χ4v) is 1.68. The number of rotatable bonds is 6. The first kappa shape index (κ1) is 13.4. The van der Waals surface area contributed by atoms with Gasteiger partial charge < -0.3 is 18.6 Å². The highest BCUT2D eigenvalue weighted by Gasteiger charge is 2.13. The van der Waals surface area contributed by atoms with E-state index in [9.17, 15) is 4.79 Å². The summed E-state index contributed by atoms with van der Waals surface area (Å²) in [7, 11) is 0. The molecule has 0 amide bonds. The molecule has 0 spiro atoms. The van der Waals surface area contributed by atoms with Crippen LogP contribution in [0.1, 0.15) is 24.2 Å². The number of benzene rings is 1. The van der Waals surface area contributed by atoms with Gasteiger partial charge in [-0.15, -0.1) is 0 Å². The van der Waals surface area contributed by atoms with Gasteiger partial charge in [0.1, 0.15) is 11.3 Å². The molecule has 2 rings (SSSR count). The Kier molecular flexibility index (Phi) is 4.41. The molecule has 0 aliphatic heterocycles. The van der Waals surface area contributed by atoms with Crippen LogP contribution < -0.4 is 4.74 Å². The van der Waals surface area contributed by atoms with E-state index >= 15 is 0 Å². The van der Waals surface area contributed by atoms with Gasteiger partial charge in [-0.1, -0.05) is 0 Å². The monoisotopic (exact) mass is 264 g/mol. The second kappa shape index (κ2) is 6.24. The Morgan fingerprint density at radius 3 is 2.84 bits per heavy atom. The molecule has 0 radical (unpaired) electrons. The van der Waals surface area contributed by atoms with E-state index in [-0.39, 0.29) is 6.79 Å². The number of furan rings is 1. The summed E-state index contributed by atoms with van der Waals surface area (Å²) in [6, 6.07) is 5.06. The first-order valence-electron chi connectivity index (χ1n) is 6.15. The molecule has 102 valence electrons. The molecule has 0 fully saturated rings. The largest absolute Gasteiger partial charge is 0.467 e. The lowest BCUT2D eigenvalue weighted by Crippen LogP contribution is -2.06. The molecule has 5 nitrogen and oxygen atoms in total. The molecule has 0 unspecified atom stereocenters. The lowest BCUT2D eigenvalue weighted by atomic mass is 10.1. The molecule has 0 aliphatic carbocycles. The maximum atomic E-state index is 11.7. The van der Waals surface area contributed by atoms with Crippen LogP contribution in [0, 0.1) is 0 Å². The van der Waals surface area contributed by atoms with Gasteiger partial charge >= 0.3 is 5.97 Å². The highest BCUT2D eigenvalue weighted by atomic mass is 16.7. The van der Waals surface area contributed by atoms with Crippen LogP contribution in [-0.2, 0) is 9.47 Å². The van der Waals surface area contributed by atoms with Crippen molar-refractivity contribution in [2.24, 2.45) is 0 Å². The van der Waals surface area contributed by atoms with Crippen LogP contribution in [0.25, 0.3) is 11.0 Å². The first-order chi connectivity index (χ1) is 9.26. The lowest BCUT2D eigenvalue weighted by Gasteiger charge is -2.09. The van der Waals surface area contributed by atoms with Crippen molar-refractivity contribution in [3.8, 4) is 5.75 Å². The molecule has 0 N–H and O–H groups in total. The van der Waals surface area contributed by atoms with Gasteiger partial charge in [0, 0.05) is 6.61 Å². The van der Waals surface area contributed by atoms with Gasteiger partial charge in [0.25, 0.3) is 0 Å². The minimum atomic E-state index is -0.401. The fourth-order valence-electron chi connectivity index (χ4n) is 1.68. The van der Waals surface area contributed by atoms with Crippen molar-refractivity contribution in [2.45, 2.75) is 13.8 Å². The van der Waals surface area contributed by atoms with Crippen LogP contribution in [0.3, 0.4) is 0 Å². The van der Waals surface area contributed by atoms with Gasteiger partial charge in [-0.2, -0.15) is 0 Å². The third-order valence-corrected chi connectivity index (χ3v) is 2.55. The normalized spacial score (nSPS) is 10.6. The van der Waals surface area contributed by atoms with Crippen LogP contribution in [0.15, 0.2) is 28.9 Å². The van der Waals surface area contributed by atoms with Gasteiger partial charge in [-0.05, 0) is 32.0 Å². The number of esters is 1. The Balaban J connectivity index is 2.31. The number of carbonyl (C=O) groups is 1. The zero-order valence-electron chi connectivity index (χ0n) is 11.0. The van der Waals surface area contributed by atoms with Crippen molar-refractivity contribution in [3.05, 3.63) is 30.0 Å². The smallest absolute Gasteiger partial charge is 0.338 e. The van der Waals surface area contributed by atoms with Gasteiger partial charge in [-0.25, -0.2) is 4.79 Å². The predicted octanol–water partition coefficient (Wildman–Crippen LogP) is 2.98. The lowest BCUT2D eigenvalue weighted by molar-refractivity contribution is 0.0231. The average molecular weight is 264 g/mol. The third-order valence-electron chi connectivity index (χ3n) is 2.55. The molecule has 1 aromatic heterocycles. The van der Waals surface area contributed by atoms with Crippen LogP contribution in [0.4, 0.5) is 0 Å². The third kappa shape index (κ3) is 3.06. The van der Waals surface area contributed by atoms with E-state index in [4.69, 9.17) is 18.6 Å². The molecule has 5 heteroatoms. The second-order valence-corrected chi connectivity index (χ2v) is 3.78. The van der Waals surface area contributed by atoms with Gasteiger partial charge in [-0.3, -0.25) is 0 Å². The molecule has 19 heavy (non-hydrogen) atoms. The summed E-state index contributed by atoms with van der Waals surface area (Å²) in [6.07, 6.45) is 1.55. The van der Waals surface area contributed by atoms with Crippen molar-refractivity contribution < 1.29 is 23.4 Å². The predicted molar refractivity (Wildman–Crippen MR) is 69.3 cm³/mol. The molecule has 0 saturated heterocycles. The molecule has 2 aromatic rings. The van der Waals surface area contributed by atoms with Crippen LogP contribution in [0.5, 0.6) is 5.75 Å². The highest BCUT2D eigenvalue weighted by molar-refractivity contribution is 5.96. The quantitative estimate of drug-likeness (QED) is 0.456. The Bertz CT molecular complexity index is 558. The minimum Gasteiger partial charge on any atom is -0.467 e. The van der Waals surface area contributed by atoms with E-state index in [0.29, 0.717) is 30.1 Å². The second-order valence-electron chi connectivity index (χ2n) is 3.78. The van der Waals surface area contributed by atoms with E-state index in [1.165, 1.54) is 0 Å². The summed E-state index contributed by atoms with van der Waals surface area (Å²) >= 11 is 0. The summed E-state index contributed by atoms with van der Waals surface area (Å²) in [5.74, 6) is 0.143. The topological polar surface area (TPSA) is 57.9 Å². The van der Waals surface area contributed by atoms with Gasteiger partial charge in [0.15, 0.2) is 6.79 Å². The van der Waals surface area contributed by atoms with Crippen molar-refractivity contribution in [1.29, 1.82) is 0 Å². The molecule has 0 atom stereocenters. The highest BCUT2D eigenvalue weighted by Crippen LogP contribution is 2.29. The molecule has 0 aliphatic rings. The van der Waals surface area contributed by atoms with E-state index in [1.54, 1.807) is 31.4 Å². The number of hydrogen-bond acceptors (Lipinski definition) is 5. The number of ether oxygens (including phenoxy) is 3. The Labute approximate surface area is 111 Å². The molecule has 1 heterocycles. The summed E-state index contributed by atoms with van der Waals surface area (Å²) in [6.45, 7) is 4.65. The molecular weight excluding hydrogens is 248 g/mol. The van der Waals surface area contributed by atoms with Crippen molar-refractivity contribution >= 4 is 16.9 Å². The zero-order chi connectivity index (χ0) is 13.7. The standard InChI is InChI=1S/C14H16O5/c1-3-16-9-19-13-8-10(14(15)17-4-2)7-12-11(13)5-6-18-12/h5-8H,3-4,9H2,1-2H3. The summed E-state index contributed by atoms with van der Waals surface area (Å²) in [4.78, 5) is 11.7. The van der Waals surface area contributed by atoms with Gasteiger partial charge in [0.2, 0.25) is 0 Å². The molecule has 1 aromatic carbocycles. The van der Waals surface area contributed by atoms with Gasteiger partial charge in [0.05, 0.1) is 23.8 Å². The van der Waals surface area contributed by atoms with Crippen LogP contribution >= 0.6 is 0 Å². The number of carbonyl (C=O) groups excluding carboxylic acids is 1. The Morgan fingerprint density at radius 1 is 1.26 bits per heavy atom. The van der Waals surface area contributed by atoms with Crippen molar-refractivity contribution in [2.75, 3.05) is 20.0 Å². The SMILES string of the molecule is CCOCOc1cc(C(=O)OCC)cc2occc12. The molecule has 0 saturated carbocycles. The molecular formula is C14H16O5. The van der Waals surface area contributed by atoms with Crippen molar-refractivity contribution in [3.63, 3.8) is 0 Å². The molecule has 0 bridgehead atoms. The van der Waals surface area contributed by atoms with Crippen molar-refractivity contribution in [1.82, 2.24) is 0 Å². The summed E-state index contributed by atoms with van der Waals surface area (Å²) < 4.78 is 20.9. The maximum Gasteiger partial charge on any atom is 0.338 e. The zero-order valence-corrected chi connectivity index (χ0v) is 11.0. The first-order valence-corrected chi connectivity index (χ1v) is 6.15. The average Bonchev–Trinajstić information content (AvgIpc) is 2.87. The minimum absolute atomic E-state index is 0.128. The van der Waals surface area contributed by atoms with E-state index in [2.05, 4.69) is 0 Å². The van der Waals surface area contributed by atoms with Crippen LogP contribution in [0.2, 0.25) is 0 Å². The van der Waals surface area contributed by atoms with E-state index in [1.807, 2.05) is 6.92 Å². The Hall–Kier alpha value is -2.01. The van der Waals surface area contributed by atoms with Crippen LogP contribution in [-0.4, -0.2) is 26.0 Å². The summed E-state index contributed by atoms with van der Waals surface area (Å²) in [5.41, 5.74) is 0.979. The Morgan fingerprint density at radius 2 is 2.11 bits per heavy atom.